The SMILES string of the molecule is Cc1cccc(CN=C/C(=C\N)NC(=O)c2nccnc2N)c1.O=CNC1CCCSC1. The number of allylic oxidation sites excluding steroid dienone is 1. The quantitative estimate of drug-likeness (QED) is 0.367. The van der Waals surface area contributed by atoms with E-state index in [1.165, 1.54) is 42.5 Å². The van der Waals surface area contributed by atoms with Crippen LogP contribution in [0, 0.1) is 6.92 Å². The molecule has 1 aliphatic rings. The first kappa shape index (κ1) is 24.9. The third-order valence-corrected chi connectivity index (χ3v) is 5.65. The van der Waals surface area contributed by atoms with E-state index in [1.54, 1.807) is 0 Å². The minimum absolute atomic E-state index is 0.0407. The number of aliphatic imine (C=N–C) groups is 1. The zero-order valence-electron chi connectivity index (χ0n) is 18.0. The van der Waals surface area contributed by atoms with Gasteiger partial charge in [-0.3, -0.25) is 14.6 Å². The van der Waals surface area contributed by atoms with Crippen LogP contribution in [0.5, 0.6) is 0 Å². The Balaban J connectivity index is 0.000000336. The van der Waals surface area contributed by atoms with Gasteiger partial charge in [0, 0.05) is 36.6 Å². The maximum absolute atomic E-state index is 12.1. The molecule has 3 rings (SSSR count). The van der Waals surface area contributed by atoms with Gasteiger partial charge in [0.2, 0.25) is 6.41 Å². The summed E-state index contributed by atoms with van der Waals surface area (Å²) in [7, 11) is 0. The Morgan fingerprint density at radius 3 is 2.81 bits per heavy atom. The standard InChI is InChI=1S/C16H18N6O.C6H11NOS/c1-11-3-2-4-12(7-11)9-19-10-13(8-17)22-16(23)14-15(18)21-6-5-20-14;8-5-7-6-2-1-3-9-4-6/h2-8,10H,9,17H2,1H3,(H2,18,21)(H,22,23);5-6H,1-4H2,(H,7,8)/b13-8+,19-10?;. The van der Waals surface area contributed by atoms with E-state index < -0.39 is 5.91 Å². The summed E-state index contributed by atoms with van der Waals surface area (Å²) in [6, 6.07) is 8.46. The van der Waals surface area contributed by atoms with Crippen molar-refractivity contribution in [3.8, 4) is 0 Å². The first-order chi connectivity index (χ1) is 15.5. The number of thioether (sulfide) groups is 1. The molecule has 1 aliphatic heterocycles. The van der Waals surface area contributed by atoms with Crippen molar-refractivity contribution in [2.45, 2.75) is 32.4 Å². The van der Waals surface area contributed by atoms with Crippen LogP contribution in [0.1, 0.15) is 34.5 Å². The predicted molar refractivity (Wildman–Crippen MR) is 129 cm³/mol. The van der Waals surface area contributed by atoms with Crippen molar-refractivity contribution < 1.29 is 9.59 Å². The molecule has 2 heterocycles. The number of nitrogen functional groups attached to an aromatic ring is 1. The first-order valence-electron chi connectivity index (χ1n) is 10.2. The van der Waals surface area contributed by atoms with Crippen molar-refractivity contribution in [3.05, 3.63) is 65.4 Å². The number of carbonyl (C=O) groups is 2. The van der Waals surface area contributed by atoms with Crippen LogP contribution in [0.4, 0.5) is 5.82 Å². The molecular formula is C22H29N7O2S. The maximum Gasteiger partial charge on any atom is 0.278 e. The number of hydrogen-bond acceptors (Lipinski definition) is 8. The van der Waals surface area contributed by atoms with Gasteiger partial charge >= 0.3 is 0 Å². The predicted octanol–water partition coefficient (Wildman–Crippen LogP) is 1.80. The van der Waals surface area contributed by atoms with E-state index in [1.807, 2.05) is 43.0 Å². The van der Waals surface area contributed by atoms with Crippen LogP contribution in [0.15, 0.2) is 53.5 Å². The number of benzene rings is 1. The lowest BCUT2D eigenvalue weighted by atomic mass is 10.1. The highest BCUT2D eigenvalue weighted by atomic mass is 32.2. The summed E-state index contributed by atoms with van der Waals surface area (Å²) in [5, 5.41) is 5.37. The largest absolute Gasteiger partial charge is 0.403 e. The molecule has 1 saturated heterocycles. The lowest BCUT2D eigenvalue weighted by molar-refractivity contribution is -0.110. The summed E-state index contributed by atoms with van der Waals surface area (Å²) >= 11 is 1.92. The van der Waals surface area contributed by atoms with Gasteiger partial charge in [0.05, 0.1) is 12.2 Å². The molecule has 1 atom stereocenters. The minimum atomic E-state index is -0.491. The second-order valence-corrected chi connectivity index (χ2v) is 8.17. The number of nitrogens with two attached hydrogens (primary N) is 2. The lowest BCUT2D eigenvalue weighted by Gasteiger charge is -2.19. The van der Waals surface area contributed by atoms with E-state index in [0.29, 0.717) is 18.3 Å². The molecule has 10 heteroatoms. The zero-order chi connectivity index (χ0) is 23.2. The van der Waals surface area contributed by atoms with Crippen molar-refractivity contribution in [2.75, 3.05) is 17.2 Å². The van der Waals surface area contributed by atoms with Crippen molar-refractivity contribution in [1.82, 2.24) is 20.6 Å². The number of nitrogens with zero attached hydrogens (tertiary/aromatic N) is 3. The Morgan fingerprint density at radius 2 is 2.16 bits per heavy atom. The molecule has 32 heavy (non-hydrogen) atoms. The summed E-state index contributed by atoms with van der Waals surface area (Å²) in [5.41, 5.74) is 13.7. The highest BCUT2D eigenvalue weighted by molar-refractivity contribution is 7.99. The molecule has 2 amide bonds. The van der Waals surface area contributed by atoms with Crippen LogP contribution in [-0.2, 0) is 11.3 Å². The zero-order valence-corrected chi connectivity index (χ0v) is 18.8. The lowest BCUT2D eigenvalue weighted by Crippen LogP contribution is -2.32. The summed E-state index contributed by atoms with van der Waals surface area (Å²) < 4.78 is 0. The van der Waals surface area contributed by atoms with E-state index in [0.717, 1.165) is 24.1 Å². The van der Waals surface area contributed by atoms with Gasteiger partial charge in [0.15, 0.2) is 11.5 Å². The van der Waals surface area contributed by atoms with Gasteiger partial charge in [-0.2, -0.15) is 11.8 Å². The second-order valence-electron chi connectivity index (χ2n) is 7.02. The minimum Gasteiger partial charge on any atom is -0.403 e. The Kier molecular flexibility index (Phi) is 10.7. The average molecular weight is 456 g/mol. The van der Waals surface area contributed by atoms with E-state index in [4.69, 9.17) is 11.5 Å². The summed E-state index contributed by atoms with van der Waals surface area (Å²) in [4.78, 5) is 34.0. The van der Waals surface area contributed by atoms with Crippen LogP contribution in [0.3, 0.4) is 0 Å². The van der Waals surface area contributed by atoms with Gasteiger partial charge in [-0.1, -0.05) is 29.8 Å². The Hall–Kier alpha value is -3.40. The fraction of sp³-hybridized carbons (Fsp3) is 0.318. The molecule has 0 aliphatic carbocycles. The Labute approximate surface area is 192 Å². The van der Waals surface area contributed by atoms with Crippen molar-refractivity contribution in [1.29, 1.82) is 0 Å². The third-order valence-electron chi connectivity index (χ3n) is 4.43. The average Bonchev–Trinajstić information content (AvgIpc) is 2.80. The highest BCUT2D eigenvalue weighted by Crippen LogP contribution is 2.16. The number of rotatable bonds is 7. The fourth-order valence-electron chi connectivity index (χ4n) is 2.86. The number of aryl methyl sites for hydroxylation is 1. The van der Waals surface area contributed by atoms with Gasteiger partial charge in [0.25, 0.3) is 5.91 Å². The molecule has 0 saturated carbocycles. The monoisotopic (exact) mass is 455 g/mol. The number of hydrogen-bond donors (Lipinski definition) is 4. The number of aromatic nitrogens is 2. The summed E-state index contributed by atoms with van der Waals surface area (Å²) in [6.07, 6.45) is 8.76. The normalized spacial score (nSPS) is 16.0. The van der Waals surface area contributed by atoms with E-state index in [9.17, 15) is 9.59 Å². The van der Waals surface area contributed by atoms with Gasteiger partial charge in [-0.05, 0) is 31.1 Å². The molecule has 0 spiro atoms. The van der Waals surface area contributed by atoms with E-state index in [-0.39, 0.29) is 11.5 Å². The first-order valence-corrected chi connectivity index (χ1v) is 11.3. The van der Waals surface area contributed by atoms with Crippen LogP contribution in [-0.4, -0.2) is 46.0 Å². The van der Waals surface area contributed by atoms with Gasteiger partial charge in [0.1, 0.15) is 0 Å². The molecule has 1 unspecified atom stereocenters. The molecule has 6 N–H and O–H groups in total. The molecule has 9 nitrogen and oxygen atoms in total. The molecule has 170 valence electrons. The highest BCUT2D eigenvalue weighted by Gasteiger charge is 2.12. The number of carbonyl (C=O) groups excluding carboxylic acids is 2. The fourth-order valence-corrected chi connectivity index (χ4v) is 3.94. The molecule has 1 fully saturated rings. The van der Waals surface area contributed by atoms with Gasteiger partial charge in [-0.25, -0.2) is 9.97 Å². The van der Waals surface area contributed by atoms with E-state index >= 15 is 0 Å². The van der Waals surface area contributed by atoms with Crippen molar-refractivity contribution in [3.63, 3.8) is 0 Å². The number of nitrogens with one attached hydrogen (secondary N) is 2. The van der Waals surface area contributed by atoms with E-state index in [2.05, 4.69) is 25.6 Å². The number of amides is 2. The van der Waals surface area contributed by atoms with Crippen LogP contribution >= 0.6 is 11.8 Å². The molecule has 0 radical (unpaired) electrons. The molecule has 2 aromatic rings. The third kappa shape index (κ3) is 8.76. The maximum atomic E-state index is 12.1. The van der Waals surface area contributed by atoms with Crippen LogP contribution < -0.4 is 22.1 Å². The Bertz CT molecular complexity index is 943. The van der Waals surface area contributed by atoms with Gasteiger partial charge < -0.3 is 22.1 Å². The van der Waals surface area contributed by atoms with Crippen molar-refractivity contribution >= 4 is 36.1 Å². The number of anilines is 1. The van der Waals surface area contributed by atoms with Crippen LogP contribution in [0.2, 0.25) is 0 Å². The summed E-state index contributed by atoms with van der Waals surface area (Å²) in [6.45, 7) is 2.51. The molecular weight excluding hydrogens is 426 g/mol. The van der Waals surface area contributed by atoms with Gasteiger partial charge in [-0.15, -0.1) is 0 Å². The topological polar surface area (TPSA) is 148 Å². The van der Waals surface area contributed by atoms with Crippen LogP contribution in [0.25, 0.3) is 0 Å². The Morgan fingerprint density at radius 1 is 1.34 bits per heavy atom. The smallest absolute Gasteiger partial charge is 0.278 e. The molecule has 0 bridgehead atoms. The summed E-state index contributed by atoms with van der Waals surface area (Å²) in [5.74, 6) is 1.92. The second kappa shape index (κ2) is 13.8. The molecule has 1 aromatic carbocycles. The molecule has 1 aromatic heterocycles. The van der Waals surface area contributed by atoms with Crippen molar-refractivity contribution in [2.24, 2.45) is 10.7 Å².